The van der Waals surface area contributed by atoms with Gasteiger partial charge in [0.15, 0.2) is 6.10 Å². The van der Waals surface area contributed by atoms with E-state index in [1.807, 2.05) is 6.08 Å². The average molecular weight is 1060 g/mol. The summed E-state index contributed by atoms with van der Waals surface area (Å²) in [6, 6.07) is 0. The van der Waals surface area contributed by atoms with Gasteiger partial charge in [-0.15, -0.1) is 0 Å². The monoisotopic (exact) mass is 1060 g/mol. The minimum atomic E-state index is -0.805. The fraction of sp³-hybridized carbons (Fsp3) is 0.729. The van der Waals surface area contributed by atoms with Crippen molar-refractivity contribution in [3.8, 4) is 0 Å². The zero-order valence-corrected chi connectivity index (χ0v) is 50.0. The molecule has 0 aliphatic heterocycles. The lowest BCUT2D eigenvalue weighted by Crippen LogP contribution is -2.30. The first-order valence-electron chi connectivity index (χ1n) is 32.2. The highest BCUT2D eigenvalue weighted by Crippen LogP contribution is 2.17. The van der Waals surface area contributed by atoms with Gasteiger partial charge in [-0.3, -0.25) is 14.4 Å². The number of ether oxygens (including phenoxy) is 3. The highest BCUT2D eigenvalue weighted by atomic mass is 16.6. The van der Waals surface area contributed by atoms with Crippen molar-refractivity contribution < 1.29 is 28.6 Å². The van der Waals surface area contributed by atoms with Crippen molar-refractivity contribution in [2.45, 2.75) is 316 Å². The summed E-state index contributed by atoms with van der Waals surface area (Å²) in [5.74, 6) is -0.969. The molecule has 1 atom stereocenters. The molecule has 436 valence electrons. The van der Waals surface area contributed by atoms with Crippen molar-refractivity contribution in [1.29, 1.82) is 0 Å². The van der Waals surface area contributed by atoms with Gasteiger partial charge >= 0.3 is 17.9 Å². The largest absolute Gasteiger partial charge is 0.462 e. The fourth-order valence-corrected chi connectivity index (χ4v) is 9.10. The summed E-state index contributed by atoms with van der Waals surface area (Å²) in [6.07, 6.45) is 85.8. The van der Waals surface area contributed by atoms with Crippen molar-refractivity contribution in [1.82, 2.24) is 0 Å². The molecular weight excluding hydrogens is 937 g/mol. The van der Waals surface area contributed by atoms with E-state index in [4.69, 9.17) is 14.2 Å². The van der Waals surface area contributed by atoms with Gasteiger partial charge in [0.1, 0.15) is 13.2 Å². The van der Waals surface area contributed by atoms with Gasteiger partial charge in [0.2, 0.25) is 0 Å². The summed E-state index contributed by atoms with van der Waals surface area (Å²) < 4.78 is 16.9. The molecule has 0 bridgehead atoms. The van der Waals surface area contributed by atoms with Crippen LogP contribution in [0.3, 0.4) is 0 Å². The molecular formula is C70H120O6. The number of carbonyl (C=O) groups is 3. The van der Waals surface area contributed by atoms with Crippen LogP contribution in [0.5, 0.6) is 0 Å². The van der Waals surface area contributed by atoms with Crippen molar-refractivity contribution in [3.63, 3.8) is 0 Å². The maximum Gasteiger partial charge on any atom is 0.306 e. The predicted octanol–water partition coefficient (Wildman–Crippen LogP) is 22.0. The Hall–Kier alpha value is -3.67. The van der Waals surface area contributed by atoms with Crippen molar-refractivity contribution >= 4 is 17.9 Å². The minimum absolute atomic E-state index is 0.0967. The van der Waals surface area contributed by atoms with E-state index >= 15 is 0 Å². The molecule has 0 aliphatic rings. The Kier molecular flexibility index (Phi) is 60.8. The number of hydrogen-bond donors (Lipinski definition) is 0. The maximum absolute atomic E-state index is 12.9. The summed E-state index contributed by atoms with van der Waals surface area (Å²) in [5.41, 5.74) is 0. The Morgan fingerprint density at radius 2 is 0.539 bits per heavy atom. The highest BCUT2D eigenvalue weighted by molar-refractivity contribution is 5.71. The molecule has 0 N–H and O–H groups in total. The second-order valence-electron chi connectivity index (χ2n) is 21.3. The number of esters is 3. The lowest BCUT2D eigenvalue weighted by atomic mass is 10.0. The zero-order valence-electron chi connectivity index (χ0n) is 50.0. The molecule has 76 heavy (non-hydrogen) atoms. The summed E-state index contributed by atoms with van der Waals surface area (Å²) in [4.78, 5) is 38.2. The first kappa shape index (κ1) is 72.3. The molecule has 0 saturated heterocycles. The molecule has 1 unspecified atom stereocenters. The number of rotatable bonds is 58. The van der Waals surface area contributed by atoms with Gasteiger partial charge in [0, 0.05) is 19.3 Å². The zero-order chi connectivity index (χ0) is 55.0. The van der Waals surface area contributed by atoms with Gasteiger partial charge in [-0.1, -0.05) is 304 Å². The third kappa shape index (κ3) is 61.2. The Morgan fingerprint density at radius 1 is 0.276 bits per heavy atom. The molecule has 0 aromatic heterocycles. The molecule has 0 aromatic carbocycles. The van der Waals surface area contributed by atoms with E-state index in [0.717, 1.165) is 89.9 Å². The first-order valence-corrected chi connectivity index (χ1v) is 32.2. The summed E-state index contributed by atoms with van der Waals surface area (Å²) in [5, 5.41) is 0. The third-order valence-corrected chi connectivity index (χ3v) is 13.8. The van der Waals surface area contributed by atoms with Crippen LogP contribution in [0.15, 0.2) is 97.2 Å². The van der Waals surface area contributed by atoms with Gasteiger partial charge in [0.25, 0.3) is 0 Å². The van der Waals surface area contributed by atoms with Crippen LogP contribution in [0.2, 0.25) is 0 Å². The second kappa shape index (κ2) is 63.9. The predicted molar refractivity (Wildman–Crippen MR) is 330 cm³/mol. The van der Waals surface area contributed by atoms with Gasteiger partial charge in [0.05, 0.1) is 0 Å². The van der Waals surface area contributed by atoms with E-state index in [1.165, 1.54) is 173 Å². The van der Waals surface area contributed by atoms with Crippen LogP contribution in [0.25, 0.3) is 0 Å². The number of unbranched alkanes of at least 4 members (excludes halogenated alkanes) is 31. The fourth-order valence-electron chi connectivity index (χ4n) is 9.10. The molecule has 0 rings (SSSR count). The Bertz CT molecular complexity index is 1490. The van der Waals surface area contributed by atoms with Gasteiger partial charge in [-0.2, -0.15) is 0 Å². The van der Waals surface area contributed by atoms with Crippen molar-refractivity contribution in [2.24, 2.45) is 0 Å². The summed E-state index contributed by atoms with van der Waals surface area (Å²) >= 11 is 0. The summed E-state index contributed by atoms with van der Waals surface area (Å²) in [6.45, 7) is 6.38. The van der Waals surface area contributed by atoms with Crippen LogP contribution in [0.4, 0.5) is 0 Å². The number of allylic oxidation sites excluding steroid dienone is 16. The van der Waals surface area contributed by atoms with E-state index in [2.05, 4.69) is 112 Å². The van der Waals surface area contributed by atoms with Crippen LogP contribution < -0.4 is 0 Å². The lowest BCUT2D eigenvalue weighted by molar-refractivity contribution is -0.166. The van der Waals surface area contributed by atoms with Crippen LogP contribution in [-0.4, -0.2) is 37.2 Å². The second-order valence-corrected chi connectivity index (χ2v) is 21.3. The van der Waals surface area contributed by atoms with Crippen molar-refractivity contribution in [2.75, 3.05) is 13.2 Å². The molecule has 0 spiro atoms. The van der Waals surface area contributed by atoms with E-state index < -0.39 is 6.10 Å². The van der Waals surface area contributed by atoms with Crippen LogP contribution in [0.1, 0.15) is 310 Å². The number of hydrogen-bond acceptors (Lipinski definition) is 6. The Balaban J connectivity index is 4.29. The van der Waals surface area contributed by atoms with Crippen LogP contribution in [-0.2, 0) is 28.6 Å². The maximum atomic E-state index is 12.9. The Labute approximate surface area is 470 Å². The molecule has 0 aliphatic carbocycles. The molecule has 0 heterocycles. The minimum Gasteiger partial charge on any atom is -0.462 e. The van der Waals surface area contributed by atoms with Gasteiger partial charge < -0.3 is 14.2 Å². The lowest BCUT2D eigenvalue weighted by Gasteiger charge is -2.18. The van der Waals surface area contributed by atoms with Gasteiger partial charge in [-0.05, 0) is 83.5 Å². The molecule has 0 radical (unpaired) electrons. The van der Waals surface area contributed by atoms with Crippen molar-refractivity contribution in [3.05, 3.63) is 97.2 Å². The molecule has 0 saturated carbocycles. The highest BCUT2D eigenvalue weighted by Gasteiger charge is 2.19. The van der Waals surface area contributed by atoms with E-state index in [0.29, 0.717) is 19.3 Å². The topological polar surface area (TPSA) is 78.9 Å². The number of carbonyl (C=O) groups excluding carboxylic acids is 3. The third-order valence-electron chi connectivity index (χ3n) is 13.8. The normalized spacial score (nSPS) is 12.7. The summed E-state index contributed by atoms with van der Waals surface area (Å²) in [7, 11) is 0. The molecule has 0 aromatic rings. The quantitative estimate of drug-likeness (QED) is 0.0261. The SMILES string of the molecule is CC/C=C\C/C=C\C/C=C\C/C=C\CCCCCCCCCCCCCCCCC(=O)OCC(COC(=O)CC/C=C\C/C=C\C/C=C\C/C=C\CC)OC(=O)CCCCCCCCCCCCCCCCCCCC. The van der Waals surface area contributed by atoms with Crippen LogP contribution in [0, 0.1) is 0 Å². The first-order chi connectivity index (χ1) is 37.5. The molecule has 0 amide bonds. The smallest absolute Gasteiger partial charge is 0.306 e. The molecule has 6 nitrogen and oxygen atoms in total. The standard InChI is InChI=1S/C70H120O6/c1-4-7-10-13-16-19-22-25-27-29-31-32-33-34-35-36-37-38-39-41-42-45-48-51-54-57-60-63-69(72)75-66-67(65-74-68(71)62-59-56-53-50-47-44-24-21-18-15-12-9-6-3)76-70(73)64-61-58-55-52-49-46-43-40-30-28-26-23-20-17-14-11-8-5-2/h7,9-10,12,16,18-19,21,25,27,31-32,44,47,53,56,67H,4-6,8,11,13-15,17,20,22-24,26,28-30,33-43,45-46,48-52,54-55,57-66H2,1-3H3/b10-7-,12-9-,19-16-,21-18-,27-25-,32-31-,47-44-,56-53-. The van der Waals surface area contributed by atoms with E-state index in [-0.39, 0.29) is 37.5 Å². The molecule has 6 heteroatoms. The molecule has 0 fully saturated rings. The average Bonchev–Trinajstić information content (AvgIpc) is 3.42. The van der Waals surface area contributed by atoms with E-state index in [1.54, 1.807) is 0 Å². The van der Waals surface area contributed by atoms with Crippen LogP contribution >= 0.6 is 0 Å². The Morgan fingerprint density at radius 3 is 0.882 bits per heavy atom. The van der Waals surface area contributed by atoms with Gasteiger partial charge in [-0.25, -0.2) is 0 Å². The van der Waals surface area contributed by atoms with E-state index in [9.17, 15) is 14.4 Å².